The van der Waals surface area contributed by atoms with Crippen molar-refractivity contribution in [2.24, 2.45) is 0 Å². The quantitative estimate of drug-likeness (QED) is 0.630. The fraction of sp³-hybridized carbons (Fsp3) is 0.538. The molecule has 4 nitrogen and oxygen atoms in total. The van der Waals surface area contributed by atoms with Crippen LogP contribution in [-0.4, -0.2) is 55.4 Å². The van der Waals surface area contributed by atoms with Crippen LogP contribution in [0.15, 0.2) is 42.5 Å². The molecule has 1 saturated heterocycles. The number of hydrogen-bond donors (Lipinski definition) is 2. The standard InChI is InChI=1S/C26H33F3N2O2/c1-33-24-10-7-20(17-22(24)19-5-8-21(9-6-19)26(27,28)29)23(18-31-15-13-30-14-16-31)25(32)11-3-2-4-12-25/h5-10,17,23,30,32H,2-4,11-16,18H2,1H3. The molecule has 7 heteroatoms. The number of aliphatic hydroxyl groups is 1. The zero-order valence-corrected chi connectivity index (χ0v) is 19.1. The Bertz CT molecular complexity index is 918. The summed E-state index contributed by atoms with van der Waals surface area (Å²) >= 11 is 0. The zero-order valence-electron chi connectivity index (χ0n) is 19.1. The first kappa shape index (κ1) is 24.0. The molecule has 2 aliphatic rings. The van der Waals surface area contributed by atoms with E-state index in [1.807, 2.05) is 18.2 Å². The maximum atomic E-state index is 13.0. The average Bonchev–Trinajstić information content (AvgIpc) is 2.83. The van der Waals surface area contributed by atoms with Crippen LogP contribution in [0.5, 0.6) is 5.75 Å². The molecule has 4 rings (SSSR count). The Balaban J connectivity index is 1.71. The van der Waals surface area contributed by atoms with E-state index < -0.39 is 17.3 Å². The van der Waals surface area contributed by atoms with Crippen LogP contribution in [0.25, 0.3) is 11.1 Å². The number of benzene rings is 2. The van der Waals surface area contributed by atoms with Gasteiger partial charge in [-0.15, -0.1) is 0 Å². The molecular formula is C26H33F3N2O2. The van der Waals surface area contributed by atoms with Gasteiger partial charge in [0.25, 0.3) is 0 Å². The Morgan fingerprint density at radius 2 is 1.70 bits per heavy atom. The molecule has 0 aromatic heterocycles. The van der Waals surface area contributed by atoms with Crippen LogP contribution in [0.4, 0.5) is 13.2 Å². The first-order chi connectivity index (χ1) is 15.8. The molecule has 1 aliphatic heterocycles. The van der Waals surface area contributed by atoms with E-state index in [0.717, 1.165) is 88.1 Å². The first-order valence-electron chi connectivity index (χ1n) is 11.8. The van der Waals surface area contributed by atoms with Crippen molar-refractivity contribution in [1.29, 1.82) is 0 Å². The molecule has 0 bridgehead atoms. The molecule has 180 valence electrons. The minimum absolute atomic E-state index is 0.0741. The van der Waals surface area contributed by atoms with E-state index in [9.17, 15) is 18.3 Å². The predicted octanol–water partition coefficient (Wildman–Crippen LogP) is 5.07. The van der Waals surface area contributed by atoms with E-state index in [0.29, 0.717) is 11.3 Å². The molecule has 1 unspecified atom stereocenters. The van der Waals surface area contributed by atoms with Crippen molar-refractivity contribution in [1.82, 2.24) is 10.2 Å². The number of nitrogens with one attached hydrogen (secondary N) is 1. The lowest BCUT2D eigenvalue weighted by atomic mass is 9.72. The van der Waals surface area contributed by atoms with E-state index in [1.165, 1.54) is 12.1 Å². The van der Waals surface area contributed by atoms with Gasteiger partial charge in [0.15, 0.2) is 0 Å². The van der Waals surface area contributed by atoms with E-state index in [-0.39, 0.29) is 5.92 Å². The van der Waals surface area contributed by atoms with Crippen molar-refractivity contribution in [3.63, 3.8) is 0 Å². The molecule has 33 heavy (non-hydrogen) atoms. The Morgan fingerprint density at radius 1 is 1.03 bits per heavy atom. The Labute approximate surface area is 193 Å². The molecule has 2 aromatic carbocycles. The molecule has 2 aromatic rings. The van der Waals surface area contributed by atoms with Crippen molar-refractivity contribution < 1.29 is 23.0 Å². The maximum absolute atomic E-state index is 13.0. The number of alkyl halides is 3. The molecule has 0 amide bonds. The number of methoxy groups -OCH3 is 1. The van der Waals surface area contributed by atoms with Crippen LogP contribution >= 0.6 is 0 Å². The number of rotatable bonds is 6. The Kier molecular flexibility index (Phi) is 7.31. The zero-order chi connectivity index (χ0) is 23.5. The van der Waals surface area contributed by atoms with Gasteiger partial charge in [-0.2, -0.15) is 13.2 Å². The largest absolute Gasteiger partial charge is 0.496 e. The number of halogens is 3. The molecule has 1 atom stereocenters. The normalized spacial score (nSPS) is 20.4. The van der Waals surface area contributed by atoms with Gasteiger partial charge < -0.3 is 20.1 Å². The van der Waals surface area contributed by atoms with Gasteiger partial charge in [0.05, 0.1) is 18.3 Å². The van der Waals surface area contributed by atoms with E-state index >= 15 is 0 Å². The molecule has 0 radical (unpaired) electrons. The second-order valence-electron chi connectivity index (χ2n) is 9.30. The van der Waals surface area contributed by atoms with Crippen LogP contribution in [0.1, 0.15) is 49.1 Å². The van der Waals surface area contributed by atoms with Crippen LogP contribution in [0.3, 0.4) is 0 Å². The highest BCUT2D eigenvalue weighted by Crippen LogP contribution is 2.43. The van der Waals surface area contributed by atoms with Crippen LogP contribution in [0.2, 0.25) is 0 Å². The predicted molar refractivity (Wildman–Crippen MR) is 124 cm³/mol. The second kappa shape index (κ2) is 10.0. The monoisotopic (exact) mass is 462 g/mol. The minimum Gasteiger partial charge on any atom is -0.496 e. The lowest BCUT2D eigenvalue weighted by Gasteiger charge is -2.42. The van der Waals surface area contributed by atoms with Crippen LogP contribution < -0.4 is 10.1 Å². The summed E-state index contributed by atoms with van der Waals surface area (Å²) in [5.41, 5.74) is 0.963. The lowest BCUT2D eigenvalue weighted by Crippen LogP contribution is -2.49. The highest BCUT2D eigenvalue weighted by molar-refractivity contribution is 5.71. The van der Waals surface area contributed by atoms with Gasteiger partial charge in [0.1, 0.15) is 5.75 Å². The van der Waals surface area contributed by atoms with Crippen molar-refractivity contribution >= 4 is 0 Å². The number of piperazine rings is 1. The first-order valence-corrected chi connectivity index (χ1v) is 11.8. The van der Waals surface area contributed by atoms with Gasteiger partial charge in [-0.25, -0.2) is 0 Å². The van der Waals surface area contributed by atoms with Crippen LogP contribution in [-0.2, 0) is 6.18 Å². The Hall–Kier alpha value is -2.09. The van der Waals surface area contributed by atoms with Gasteiger partial charge in [0.2, 0.25) is 0 Å². The molecule has 1 heterocycles. The van der Waals surface area contributed by atoms with E-state index in [2.05, 4.69) is 10.2 Å². The van der Waals surface area contributed by atoms with Gasteiger partial charge in [-0.3, -0.25) is 0 Å². The van der Waals surface area contributed by atoms with Gasteiger partial charge in [0, 0.05) is 44.2 Å². The third-order valence-electron chi connectivity index (χ3n) is 7.17. The van der Waals surface area contributed by atoms with Gasteiger partial charge in [-0.1, -0.05) is 37.5 Å². The smallest absolute Gasteiger partial charge is 0.416 e. The van der Waals surface area contributed by atoms with Crippen molar-refractivity contribution in [3.8, 4) is 16.9 Å². The molecule has 2 fully saturated rings. The highest BCUT2D eigenvalue weighted by atomic mass is 19.4. The highest BCUT2D eigenvalue weighted by Gasteiger charge is 2.40. The molecule has 1 saturated carbocycles. The van der Waals surface area contributed by atoms with Crippen molar-refractivity contribution in [2.45, 2.75) is 49.8 Å². The summed E-state index contributed by atoms with van der Waals surface area (Å²) in [5, 5.41) is 15.1. The minimum atomic E-state index is -4.37. The lowest BCUT2D eigenvalue weighted by molar-refractivity contribution is -0.137. The summed E-state index contributed by atoms with van der Waals surface area (Å²) in [4.78, 5) is 2.40. The fourth-order valence-corrected chi connectivity index (χ4v) is 5.26. The number of hydrogen-bond acceptors (Lipinski definition) is 4. The van der Waals surface area contributed by atoms with E-state index in [4.69, 9.17) is 4.74 Å². The molecule has 0 spiro atoms. The van der Waals surface area contributed by atoms with Gasteiger partial charge >= 0.3 is 6.18 Å². The maximum Gasteiger partial charge on any atom is 0.416 e. The Morgan fingerprint density at radius 3 is 2.30 bits per heavy atom. The number of ether oxygens (including phenoxy) is 1. The fourth-order valence-electron chi connectivity index (χ4n) is 5.26. The molecule has 1 aliphatic carbocycles. The second-order valence-corrected chi connectivity index (χ2v) is 9.30. The molecular weight excluding hydrogens is 429 g/mol. The summed E-state index contributed by atoms with van der Waals surface area (Å²) in [6.45, 7) is 4.51. The summed E-state index contributed by atoms with van der Waals surface area (Å²) < 4.78 is 44.7. The topological polar surface area (TPSA) is 44.7 Å². The van der Waals surface area contributed by atoms with Crippen molar-refractivity contribution in [2.75, 3.05) is 39.8 Å². The summed E-state index contributed by atoms with van der Waals surface area (Å²) in [6, 6.07) is 11.1. The summed E-state index contributed by atoms with van der Waals surface area (Å²) in [7, 11) is 1.56. The SMILES string of the molecule is COc1ccc(C(CN2CCNCC2)C2(O)CCCCC2)cc1-c1ccc(C(F)(F)F)cc1. The summed E-state index contributed by atoms with van der Waals surface area (Å²) in [6.07, 6.45) is 0.328. The van der Waals surface area contributed by atoms with Crippen LogP contribution in [0, 0.1) is 0 Å². The van der Waals surface area contributed by atoms with Crippen molar-refractivity contribution in [3.05, 3.63) is 53.6 Å². The summed E-state index contributed by atoms with van der Waals surface area (Å²) in [5.74, 6) is 0.532. The number of nitrogens with zero attached hydrogens (tertiary/aromatic N) is 1. The third kappa shape index (κ3) is 5.53. The molecule has 2 N–H and O–H groups in total. The third-order valence-corrected chi connectivity index (χ3v) is 7.17. The van der Waals surface area contributed by atoms with E-state index in [1.54, 1.807) is 7.11 Å². The van der Waals surface area contributed by atoms with Gasteiger partial charge in [-0.05, 0) is 48.2 Å². The average molecular weight is 463 g/mol.